The lowest BCUT2D eigenvalue weighted by Crippen LogP contribution is -2.41. The van der Waals surface area contributed by atoms with Gasteiger partial charge in [-0.2, -0.15) is 5.10 Å². The summed E-state index contributed by atoms with van der Waals surface area (Å²) in [6.07, 6.45) is 1.33. The summed E-state index contributed by atoms with van der Waals surface area (Å²) in [5, 5.41) is 12.9. The van der Waals surface area contributed by atoms with E-state index in [1.807, 2.05) is 0 Å². The number of carbonyl (C=O) groups excluding carboxylic acids is 2. The molecule has 0 fully saturated rings. The number of guanidine groups is 1. The van der Waals surface area contributed by atoms with E-state index >= 15 is 0 Å². The highest BCUT2D eigenvalue weighted by molar-refractivity contribution is 6.38. The molecule has 0 unspecified atom stereocenters. The summed E-state index contributed by atoms with van der Waals surface area (Å²) in [7, 11) is 0. The molecule has 0 saturated heterocycles. The maximum atomic E-state index is 10.9. The summed E-state index contributed by atoms with van der Waals surface area (Å²) in [5.74, 6) is -0.851. The van der Waals surface area contributed by atoms with Crippen molar-refractivity contribution in [3.05, 3.63) is 33.8 Å². The molecular weight excluding hydrogens is 303 g/mol. The van der Waals surface area contributed by atoms with Gasteiger partial charge in [-0.15, -0.1) is 5.10 Å². The average Bonchev–Trinajstić information content (AvgIpc) is 2.31. The minimum atomic E-state index is -0.386. The van der Waals surface area contributed by atoms with E-state index in [1.54, 1.807) is 18.2 Å². The Morgan fingerprint density at radius 2 is 1.60 bits per heavy atom. The second-order valence-corrected chi connectivity index (χ2v) is 4.51. The van der Waals surface area contributed by atoms with Crippen molar-refractivity contribution in [1.29, 1.82) is 0 Å². The van der Waals surface area contributed by atoms with Crippen LogP contribution in [-0.2, 0) is 9.59 Å². The van der Waals surface area contributed by atoms with Crippen molar-refractivity contribution in [3.8, 4) is 0 Å². The summed E-state index contributed by atoms with van der Waals surface area (Å²) in [4.78, 5) is 21.9. The lowest BCUT2D eigenvalue weighted by Gasteiger charge is -2.04. The van der Waals surface area contributed by atoms with Crippen LogP contribution in [0.15, 0.2) is 28.4 Å². The maximum Gasteiger partial charge on any atom is 0.229 e. The average molecular weight is 315 g/mol. The van der Waals surface area contributed by atoms with Crippen LogP contribution in [0.5, 0.6) is 0 Å². The van der Waals surface area contributed by atoms with E-state index in [1.165, 1.54) is 20.1 Å². The topological polar surface area (TPSA) is 82.9 Å². The second kappa shape index (κ2) is 7.62. The van der Waals surface area contributed by atoms with Crippen LogP contribution in [0.1, 0.15) is 19.4 Å². The van der Waals surface area contributed by atoms with Gasteiger partial charge in [-0.1, -0.05) is 29.3 Å². The molecule has 20 heavy (non-hydrogen) atoms. The number of halogens is 2. The molecule has 106 valence electrons. The summed E-state index contributed by atoms with van der Waals surface area (Å²) >= 11 is 11.9. The van der Waals surface area contributed by atoms with Crippen molar-refractivity contribution in [2.45, 2.75) is 13.8 Å². The smallest absolute Gasteiger partial charge is 0.229 e. The molecule has 0 atom stereocenters. The van der Waals surface area contributed by atoms with E-state index < -0.39 is 0 Å². The third kappa shape index (κ3) is 5.38. The molecule has 0 spiro atoms. The lowest BCUT2D eigenvalue weighted by atomic mass is 10.2. The number of carbonyl (C=O) groups is 2. The highest BCUT2D eigenvalue weighted by Crippen LogP contribution is 2.22. The number of rotatable bonds is 2. The van der Waals surface area contributed by atoms with E-state index in [-0.39, 0.29) is 17.8 Å². The third-order valence-electron chi connectivity index (χ3n) is 1.93. The van der Waals surface area contributed by atoms with Crippen LogP contribution in [0, 0.1) is 0 Å². The Balaban J connectivity index is 2.93. The van der Waals surface area contributed by atoms with Crippen molar-refractivity contribution in [1.82, 2.24) is 10.6 Å². The molecule has 6 nitrogen and oxygen atoms in total. The molecule has 0 saturated carbocycles. The Morgan fingerprint density at radius 1 is 1.10 bits per heavy atom. The fourth-order valence-corrected chi connectivity index (χ4v) is 1.69. The molecule has 0 aromatic heterocycles. The van der Waals surface area contributed by atoms with Gasteiger partial charge < -0.3 is 0 Å². The maximum absolute atomic E-state index is 10.9. The minimum absolute atomic E-state index is 0.0792. The van der Waals surface area contributed by atoms with Crippen LogP contribution in [0.3, 0.4) is 0 Å². The zero-order valence-electron chi connectivity index (χ0n) is 10.8. The minimum Gasteiger partial charge on any atom is -0.295 e. The van der Waals surface area contributed by atoms with Gasteiger partial charge in [0, 0.05) is 19.4 Å². The van der Waals surface area contributed by atoms with Crippen molar-refractivity contribution < 1.29 is 9.59 Å². The summed E-state index contributed by atoms with van der Waals surface area (Å²) in [6.45, 7) is 2.57. The van der Waals surface area contributed by atoms with Crippen molar-refractivity contribution >= 4 is 47.2 Å². The largest absolute Gasteiger partial charge is 0.295 e. The van der Waals surface area contributed by atoms with Crippen LogP contribution < -0.4 is 10.6 Å². The van der Waals surface area contributed by atoms with E-state index in [0.29, 0.717) is 15.6 Å². The first-order valence-corrected chi connectivity index (χ1v) is 6.26. The predicted molar refractivity (Wildman–Crippen MR) is 79.1 cm³/mol. The predicted octanol–water partition coefficient (Wildman–Crippen LogP) is 1.96. The molecule has 8 heteroatoms. The van der Waals surface area contributed by atoms with Gasteiger partial charge in [-0.05, 0) is 12.1 Å². The first-order valence-electron chi connectivity index (χ1n) is 5.50. The van der Waals surface area contributed by atoms with Gasteiger partial charge in [0.25, 0.3) is 0 Å². The fourth-order valence-electron chi connectivity index (χ4n) is 1.19. The Morgan fingerprint density at radius 3 is 2.05 bits per heavy atom. The molecule has 1 aromatic rings. The van der Waals surface area contributed by atoms with Crippen molar-refractivity contribution in [3.63, 3.8) is 0 Å². The third-order valence-corrected chi connectivity index (χ3v) is 2.59. The molecule has 1 aromatic carbocycles. The first kappa shape index (κ1) is 16.1. The molecule has 2 N–H and O–H groups in total. The van der Waals surface area contributed by atoms with Gasteiger partial charge in [0.05, 0.1) is 16.3 Å². The van der Waals surface area contributed by atoms with Crippen molar-refractivity contribution in [2.75, 3.05) is 0 Å². The standard InChI is InChI=1S/C12H12Cl2N4O2/c1-7(19)16-12(17-8(2)20)18-15-6-9-10(13)4-3-5-11(9)14/h3-6H,1-2H3,(H2,16,17,18,19,20). The molecule has 0 bridgehead atoms. The number of amides is 2. The van der Waals surface area contributed by atoms with E-state index in [0.717, 1.165) is 0 Å². The van der Waals surface area contributed by atoms with Crippen LogP contribution in [-0.4, -0.2) is 24.0 Å². The van der Waals surface area contributed by atoms with Crippen molar-refractivity contribution in [2.24, 2.45) is 10.2 Å². The number of nitrogens with one attached hydrogen (secondary N) is 2. The van der Waals surface area contributed by atoms with E-state index in [4.69, 9.17) is 23.2 Å². The summed E-state index contributed by atoms with van der Waals surface area (Å²) in [5.41, 5.74) is 0.490. The van der Waals surface area contributed by atoms with E-state index in [9.17, 15) is 9.59 Å². The quantitative estimate of drug-likeness (QED) is 0.497. The zero-order valence-corrected chi connectivity index (χ0v) is 12.3. The number of nitrogens with zero attached hydrogens (tertiary/aromatic N) is 2. The molecule has 0 aliphatic heterocycles. The van der Waals surface area contributed by atoms with Crippen LogP contribution in [0.25, 0.3) is 0 Å². The SMILES string of the molecule is CC(=O)NC(=NN=Cc1c(Cl)cccc1Cl)NC(C)=O. The van der Waals surface area contributed by atoms with Gasteiger partial charge in [0.2, 0.25) is 17.8 Å². The molecule has 2 amide bonds. The molecule has 0 aliphatic rings. The van der Waals surface area contributed by atoms with E-state index in [2.05, 4.69) is 20.8 Å². The zero-order chi connectivity index (χ0) is 15.1. The van der Waals surface area contributed by atoms with Gasteiger partial charge in [0.15, 0.2) is 0 Å². The normalized spacial score (nSPS) is 10.2. The molecule has 0 aliphatic carbocycles. The van der Waals surface area contributed by atoms with Crippen LogP contribution >= 0.6 is 23.2 Å². The number of benzene rings is 1. The number of hydrogen-bond acceptors (Lipinski definition) is 4. The summed E-state index contributed by atoms with van der Waals surface area (Å²) < 4.78 is 0. The molecular formula is C12H12Cl2N4O2. The first-order chi connectivity index (χ1) is 9.40. The van der Waals surface area contributed by atoms with Gasteiger partial charge >= 0.3 is 0 Å². The van der Waals surface area contributed by atoms with Gasteiger partial charge in [0.1, 0.15) is 0 Å². The monoisotopic (exact) mass is 314 g/mol. The Labute approximate surface area is 125 Å². The Kier molecular flexibility index (Phi) is 6.14. The fraction of sp³-hybridized carbons (Fsp3) is 0.167. The number of hydrogen-bond donors (Lipinski definition) is 2. The highest BCUT2D eigenvalue weighted by atomic mass is 35.5. The molecule has 0 heterocycles. The molecule has 1 rings (SSSR count). The lowest BCUT2D eigenvalue weighted by molar-refractivity contribution is -0.117. The second-order valence-electron chi connectivity index (χ2n) is 3.69. The van der Waals surface area contributed by atoms with Crippen LogP contribution in [0.4, 0.5) is 0 Å². The van der Waals surface area contributed by atoms with Gasteiger partial charge in [-0.25, -0.2) is 0 Å². The van der Waals surface area contributed by atoms with Gasteiger partial charge in [-0.3, -0.25) is 20.2 Å². The molecule has 0 radical (unpaired) electrons. The Hall–Kier alpha value is -1.92. The summed E-state index contributed by atoms with van der Waals surface area (Å²) in [6, 6.07) is 5.01. The van der Waals surface area contributed by atoms with Crippen LogP contribution in [0.2, 0.25) is 10.0 Å². The highest BCUT2D eigenvalue weighted by Gasteiger charge is 2.04. The Bertz CT molecular complexity index is 547.